The fourth-order valence-corrected chi connectivity index (χ4v) is 2.72. The van der Waals surface area contributed by atoms with Crippen LogP contribution in [0, 0.1) is 0 Å². The third kappa shape index (κ3) is 2.99. The number of hydrogen-bond donors (Lipinski definition) is 1. The number of hydrogen-bond acceptors (Lipinski definition) is 3. The first-order chi connectivity index (χ1) is 10.6. The molecule has 0 unspecified atom stereocenters. The highest BCUT2D eigenvalue weighted by molar-refractivity contribution is 6.30. The molecule has 2 heterocycles. The summed E-state index contributed by atoms with van der Waals surface area (Å²) in [5.74, 6) is 0.892. The first-order valence-corrected chi connectivity index (χ1v) is 8.03. The van der Waals surface area contributed by atoms with Crippen molar-refractivity contribution in [1.82, 2.24) is 14.8 Å². The van der Waals surface area contributed by atoms with Crippen molar-refractivity contribution >= 4 is 23.3 Å². The molecule has 1 aliphatic rings. The maximum absolute atomic E-state index is 12.4. The summed E-state index contributed by atoms with van der Waals surface area (Å²) in [6.07, 6.45) is 4.66. The molecule has 1 aliphatic carbocycles. The monoisotopic (exact) mass is 318 g/mol. The second-order valence-electron chi connectivity index (χ2n) is 5.51. The van der Waals surface area contributed by atoms with Gasteiger partial charge in [0.25, 0.3) is 5.91 Å². The van der Waals surface area contributed by atoms with Crippen LogP contribution in [0.3, 0.4) is 0 Å². The van der Waals surface area contributed by atoms with Crippen molar-refractivity contribution in [2.24, 2.45) is 0 Å². The van der Waals surface area contributed by atoms with Gasteiger partial charge in [-0.2, -0.15) is 5.10 Å². The molecule has 5 nitrogen and oxygen atoms in total. The molecule has 1 N–H and O–H groups in total. The highest BCUT2D eigenvalue weighted by atomic mass is 35.5. The van der Waals surface area contributed by atoms with E-state index in [1.54, 1.807) is 0 Å². The molecule has 0 atom stereocenters. The molecule has 22 heavy (non-hydrogen) atoms. The maximum Gasteiger partial charge on any atom is 0.277 e. The van der Waals surface area contributed by atoms with Crippen LogP contribution in [0.25, 0.3) is 0 Å². The second kappa shape index (κ2) is 6.08. The Balaban J connectivity index is 1.82. The normalized spacial score (nSPS) is 14.1. The maximum atomic E-state index is 12.4. The Morgan fingerprint density at radius 1 is 1.41 bits per heavy atom. The zero-order chi connectivity index (χ0) is 15.7. The Hall–Kier alpha value is -1.88. The molecule has 0 spiro atoms. The molecule has 0 bridgehead atoms. The van der Waals surface area contributed by atoms with Gasteiger partial charge >= 0.3 is 0 Å². The molecule has 0 aliphatic heterocycles. The smallest absolute Gasteiger partial charge is 0.277 e. The number of aryl methyl sites for hydroxylation is 2. The quantitative estimate of drug-likeness (QED) is 0.915. The Labute approximate surface area is 134 Å². The predicted octanol–water partition coefficient (Wildman–Crippen LogP) is 3.64. The minimum absolute atomic E-state index is 0.223. The highest BCUT2D eigenvalue weighted by Gasteiger charge is 2.29. The summed E-state index contributed by atoms with van der Waals surface area (Å²) >= 11 is 5.94. The van der Waals surface area contributed by atoms with Crippen molar-refractivity contribution < 1.29 is 4.79 Å². The van der Waals surface area contributed by atoms with Crippen LogP contribution in [-0.2, 0) is 13.0 Å². The molecule has 1 fully saturated rings. The van der Waals surface area contributed by atoms with E-state index in [1.807, 2.05) is 30.7 Å². The minimum Gasteiger partial charge on any atom is -0.305 e. The summed E-state index contributed by atoms with van der Waals surface area (Å²) in [4.78, 5) is 16.6. The van der Waals surface area contributed by atoms with Crippen LogP contribution < -0.4 is 5.32 Å². The Morgan fingerprint density at radius 2 is 2.18 bits per heavy atom. The summed E-state index contributed by atoms with van der Waals surface area (Å²) in [6.45, 7) is 4.81. The van der Waals surface area contributed by atoms with Gasteiger partial charge < -0.3 is 5.32 Å². The fourth-order valence-electron chi connectivity index (χ4n) is 2.54. The van der Waals surface area contributed by atoms with Crippen LogP contribution in [0.1, 0.15) is 54.4 Å². The first kappa shape index (κ1) is 15.0. The summed E-state index contributed by atoms with van der Waals surface area (Å²) in [5.41, 5.74) is 2.52. The topological polar surface area (TPSA) is 59.8 Å². The van der Waals surface area contributed by atoms with Gasteiger partial charge in [-0.3, -0.25) is 9.48 Å². The molecular weight excluding hydrogens is 300 g/mol. The van der Waals surface area contributed by atoms with Gasteiger partial charge in [0.2, 0.25) is 0 Å². The van der Waals surface area contributed by atoms with Crippen molar-refractivity contribution in [3.63, 3.8) is 0 Å². The number of aromatic nitrogens is 3. The van der Waals surface area contributed by atoms with Gasteiger partial charge in [-0.05, 0) is 43.9 Å². The average Bonchev–Trinajstić information content (AvgIpc) is 3.27. The molecule has 1 saturated carbocycles. The fraction of sp³-hybridized carbons (Fsp3) is 0.438. The zero-order valence-electron chi connectivity index (χ0n) is 12.8. The van der Waals surface area contributed by atoms with E-state index in [2.05, 4.69) is 15.4 Å². The van der Waals surface area contributed by atoms with Crippen molar-refractivity contribution in [3.8, 4) is 0 Å². The van der Waals surface area contributed by atoms with Gasteiger partial charge in [0, 0.05) is 24.4 Å². The Morgan fingerprint density at radius 3 is 2.82 bits per heavy atom. The summed E-state index contributed by atoms with van der Waals surface area (Å²) in [5, 5.41) is 7.82. The van der Waals surface area contributed by atoms with E-state index in [4.69, 9.17) is 11.6 Å². The van der Waals surface area contributed by atoms with Crippen LogP contribution >= 0.6 is 11.6 Å². The van der Waals surface area contributed by atoms with Crippen LogP contribution in [-0.4, -0.2) is 20.7 Å². The minimum atomic E-state index is -0.223. The van der Waals surface area contributed by atoms with E-state index in [0.29, 0.717) is 22.5 Å². The number of carbonyl (C=O) groups is 1. The molecule has 1 amide bonds. The Bertz CT molecular complexity index is 706. The standard InChI is InChI=1S/C16H19ClN4O/c1-3-10-7-12(17)9-18-15(10)19-16(22)13-8-14(11-5-6-11)21(4-2)20-13/h7-9,11H,3-6H2,1-2H3,(H,18,19,22). The molecule has 0 saturated heterocycles. The van der Waals surface area contributed by atoms with E-state index in [9.17, 15) is 4.79 Å². The SMILES string of the molecule is CCc1cc(Cl)cnc1NC(=O)c1cc(C2CC2)n(CC)n1. The van der Waals surface area contributed by atoms with Crippen molar-refractivity contribution in [1.29, 1.82) is 0 Å². The first-order valence-electron chi connectivity index (χ1n) is 7.65. The molecule has 0 radical (unpaired) electrons. The van der Waals surface area contributed by atoms with Crippen LogP contribution in [0.15, 0.2) is 18.3 Å². The Kier molecular flexibility index (Phi) is 4.16. The van der Waals surface area contributed by atoms with E-state index >= 15 is 0 Å². The van der Waals surface area contributed by atoms with Gasteiger partial charge in [-0.25, -0.2) is 4.98 Å². The number of nitrogens with zero attached hydrogens (tertiary/aromatic N) is 3. The lowest BCUT2D eigenvalue weighted by molar-refractivity contribution is 0.102. The third-order valence-electron chi connectivity index (χ3n) is 3.88. The second-order valence-corrected chi connectivity index (χ2v) is 5.95. The number of amides is 1. The molecule has 116 valence electrons. The van der Waals surface area contributed by atoms with Gasteiger partial charge in [0.15, 0.2) is 5.69 Å². The van der Waals surface area contributed by atoms with Gasteiger partial charge in [0.1, 0.15) is 5.82 Å². The lowest BCUT2D eigenvalue weighted by Crippen LogP contribution is -2.15. The van der Waals surface area contributed by atoms with Crippen LogP contribution in [0.2, 0.25) is 5.02 Å². The third-order valence-corrected chi connectivity index (χ3v) is 4.09. The molecule has 6 heteroatoms. The average molecular weight is 319 g/mol. The van der Waals surface area contributed by atoms with E-state index in [1.165, 1.54) is 19.0 Å². The number of halogens is 1. The van der Waals surface area contributed by atoms with E-state index in [0.717, 1.165) is 24.2 Å². The van der Waals surface area contributed by atoms with E-state index in [-0.39, 0.29) is 5.91 Å². The van der Waals surface area contributed by atoms with Crippen molar-refractivity contribution in [3.05, 3.63) is 40.3 Å². The molecule has 0 aromatic carbocycles. The van der Waals surface area contributed by atoms with Gasteiger partial charge in [0.05, 0.1) is 5.02 Å². The largest absolute Gasteiger partial charge is 0.305 e. The number of anilines is 1. The van der Waals surface area contributed by atoms with Crippen LogP contribution in [0.4, 0.5) is 5.82 Å². The van der Waals surface area contributed by atoms with Gasteiger partial charge in [-0.15, -0.1) is 0 Å². The summed E-state index contributed by atoms with van der Waals surface area (Å²) in [7, 11) is 0. The lowest BCUT2D eigenvalue weighted by Gasteiger charge is -2.07. The molecule has 2 aromatic rings. The predicted molar refractivity (Wildman–Crippen MR) is 86.5 cm³/mol. The van der Waals surface area contributed by atoms with Gasteiger partial charge in [-0.1, -0.05) is 18.5 Å². The molecule has 2 aromatic heterocycles. The number of rotatable bonds is 5. The lowest BCUT2D eigenvalue weighted by atomic mass is 10.2. The van der Waals surface area contributed by atoms with Crippen LogP contribution in [0.5, 0.6) is 0 Å². The molecule has 3 rings (SSSR count). The summed E-state index contributed by atoms with van der Waals surface area (Å²) < 4.78 is 1.92. The number of carbonyl (C=O) groups excluding carboxylic acids is 1. The number of pyridine rings is 1. The zero-order valence-corrected chi connectivity index (χ0v) is 13.5. The highest BCUT2D eigenvalue weighted by Crippen LogP contribution is 2.40. The summed E-state index contributed by atoms with van der Waals surface area (Å²) in [6, 6.07) is 3.72. The van der Waals surface area contributed by atoms with Crippen molar-refractivity contribution in [2.75, 3.05) is 5.32 Å². The number of nitrogens with one attached hydrogen (secondary N) is 1. The van der Waals surface area contributed by atoms with Crippen molar-refractivity contribution in [2.45, 2.75) is 45.6 Å². The molecular formula is C16H19ClN4O. The van der Waals surface area contributed by atoms with E-state index < -0.39 is 0 Å².